The minimum absolute atomic E-state index is 0.104. The van der Waals surface area contributed by atoms with Crippen LogP contribution < -0.4 is 16.0 Å². The normalized spacial score (nSPS) is 10.3. The van der Waals surface area contributed by atoms with Crippen molar-refractivity contribution in [2.45, 2.75) is 39.5 Å². The van der Waals surface area contributed by atoms with Crippen LogP contribution in [0.15, 0.2) is 0 Å². The third-order valence-electron chi connectivity index (χ3n) is 2.48. The van der Waals surface area contributed by atoms with E-state index in [2.05, 4.69) is 29.8 Å². The summed E-state index contributed by atoms with van der Waals surface area (Å²) >= 11 is 0. The fourth-order valence-electron chi connectivity index (χ4n) is 1.35. The monoisotopic (exact) mass is 259 g/mol. The predicted molar refractivity (Wildman–Crippen MR) is 74.9 cm³/mol. The molecular formula is C13H29N3O2. The highest BCUT2D eigenvalue weighted by molar-refractivity contribution is 5.73. The van der Waals surface area contributed by atoms with Crippen molar-refractivity contribution in [3.05, 3.63) is 0 Å². The molecule has 0 fully saturated rings. The summed E-state index contributed by atoms with van der Waals surface area (Å²) < 4.78 is 5.38. The molecule has 0 aromatic heterocycles. The molecule has 18 heavy (non-hydrogen) atoms. The molecule has 0 atom stereocenters. The maximum Gasteiger partial charge on any atom is 0.314 e. The number of hydrogen-bond donors (Lipinski definition) is 3. The van der Waals surface area contributed by atoms with Crippen molar-refractivity contribution < 1.29 is 9.53 Å². The molecule has 0 aliphatic heterocycles. The second kappa shape index (κ2) is 14.3. The van der Waals surface area contributed by atoms with Gasteiger partial charge in [-0.2, -0.15) is 0 Å². The zero-order valence-corrected chi connectivity index (χ0v) is 11.9. The van der Waals surface area contributed by atoms with Gasteiger partial charge in [-0.15, -0.1) is 0 Å². The SMILES string of the molecule is CCCCNCCOCCNC(=O)NCCCC. The maximum atomic E-state index is 11.2. The van der Waals surface area contributed by atoms with Gasteiger partial charge in [-0.3, -0.25) is 0 Å². The van der Waals surface area contributed by atoms with Crippen molar-refractivity contribution in [2.24, 2.45) is 0 Å². The molecule has 0 bridgehead atoms. The van der Waals surface area contributed by atoms with E-state index in [9.17, 15) is 4.79 Å². The number of ether oxygens (including phenoxy) is 1. The molecule has 0 spiro atoms. The van der Waals surface area contributed by atoms with E-state index >= 15 is 0 Å². The van der Waals surface area contributed by atoms with Gasteiger partial charge in [0.15, 0.2) is 0 Å². The molecule has 3 N–H and O–H groups in total. The average molecular weight is 259 g/mol. The van der Waals surface area contributed by atoms with E-state index in [1.807, 2.05) is 0 Å². The van der Waals surface area contributed by atoms with Gasteiger partial charge in [0.25, 0.3) is 0 Å². The van der Waals surface area contributed by atoms with Crippen LogP contribution in [-0.4, -0.2) is 45.4 Å². The third-order valence-corrected chi connectivity index (χ3v) is 2.48. The van der Waals surface area contributed by atoms with Gasteiger partial charge in [-0.1, -0.05) is 26.7 Å². The number of carbonyl (C=O) groups is 1. The molecule has 0 unspecified atom stereocenters. The van der Waals surface area contributed by atoms with Crippen LogP contribution >= 0.6 is 0 Å². The summed E-state index contributed by atoms with van der Waals surface area (Å²) in [5, 5.41) is 8.84. The van der Waals surface area contributed by atoms with E-state index in [0.717, 1.165) is 32.5 Å². The molecule has 0 aliphatic carbocycles. The largest absolute Gasteiger partial charge is 0.378 e. The molecular weight excluding hydrogens is 230 g/mol. The Kier molecular flexibility index (Phi) is 13.6. The topological polar surface area (TPSA) is 62.4 Å². The molecule has 5 heteroatoms. The van der Waals surface area contributed by atoms with Crippen molar-refractivity contribution in [3.8, 4) is 0 Å². The number of rotatable bonds is 12. The van der Waals surface area contributed by atoms with E-state index in [4.69, 9.17) is 4.74 Å². The van der Waals surface area contributed by atoms with Crippen molar-refractivity contribution in [3.63, 3.8) is 0 Å². The average Bonchev–Trinajstić information content (AvgIpc) is 2.37. The number of carbonyl (C=O) groups excluding carboxylic acids is 1. The Bertz CT molecular complexity index is 189. The molecule has 0 rings (SSSR count). The quantitative estimate of drug-likeness (QED) is 0.465. The van der Waals surface area contributed by atoms with Crippen LogP contribution in [0, 0.1) is 0 Å². The van der Waals surface area contributed by atoms with E-state index < -0.39 is 0 Å². The lowest BCUT2D eigenvalue weighted by molar-refractivity contribution is 0.138. The second-order valence-corrected chi connectivity index (χ2v) is 4.25. The number of nitrogens with one attached hydrogen (secondary N) is 3. The highest BCUT2D eigenvalue weighted by Gasteiger charge is 1.97. The van der Waals surface area contributed by atoms with Crippen molar-refractivity contribution in [1.29, 1.82) is 0 Å². The summed E-state index contributed by atoms with van der Waals surface area (Å²) in [6, 6.07) is -0.104. The van der Waals surface area contributed by atoms with Gasteiger partial charge in [0.1, 0.15) is 0 Å². The van der Waals surface area contributed by atoms with Crippen molar-refractivity contribution in [1.82, 2.24) is 16.0 Å². The van der Waals surface area contributed by atoms with Crippen LogP contribution in [0.25, 0.3) is 0 Å². The zero-order valence-electron chi connectivity index (χ0n) is 11.9. The first-order valence-electron chi connectivity index (χ1n) is 7.11. The van der Waals surface area contributed by atoms with Gasteiger partial charge >= 0.3 is 6.03 Å². The number of amides is 2. The predicted octanol–water partition coefficient (Wildman–Crippen LogP) is 1.49. The third kappa shape index (κ3) is 13.3. The zero-order chi connectivity index (χ0) is 13.5. The Morgan fingerprint density at radius 2 is 1.50 bits per heavy atom. The fourth-order valence-corrected chi connectivity index (χ4v) is 1.35. The van der Waals surface area contributed by atoms with E-state index in [-0.39, 0.29) is 6.03 Å². The van der Waals surface area contributed by atoms with Gasteiger partial charge in [-0.05, 0) is 19.4 Å². The molecule has 0 radical (unpaired) electrons. The van der Waals surface area contributed by atoms with Crippen LogP contribution in [0.3, 0.4) is 0 Å². The lowest BCUT2D eigenvalue weighted by Gasteiger charge is -2.08. The second-order valence-electron chi connectivity index (χ2n) is 4.25. The summed E-state index contributed by atoms with van der Waals surface area (Å²) in [4.78, 5) is 11.2. The van der Waals surface area contributed by atoms with Gasteiger partial charge in [0, 0.05) is 19.6 Å². The molecule has 0 aliphatic rings. The minimum Gasteiger partial charge on any atom is -0.378 e. The molecule has 2 amide bonds. The summed E-state index contributed by atoms with van der Waals surface area (Å²) in [6.07, 6.45) is 4.53. The Hall–Kier alpha value is -0.810. The van der Waals surface area contributed by atoms with Gasteiger partial charge in [0.05, 0.1) is 13.2 Å². The first kappa shape index (κ1) is 17.2. The highest BCUT2D eigenvalue weighted by Crippen LogP contribution is 1.83. The molecule has 0 saturated heterocycles. The van der Waals surface area contributed by atoms with Crippen LogP contribution in [0.1, 0.15) is 39.5 Å². The maximum absolute atomic E-state index is 11.2. The Balaban J connectivity index is 3.08. The summed E-state index contributed by atoms with van der Waals surface area (Å²) in [5.74, 6) is 0. The Labute approximate surface area is 111 Å². The minimum atomic E-state index is -0.104. The Morgan fingerprint density at radius 1 is 0.889 bits per heavy atom. The highest BCUT2D eigenvalue weighted by atomic mass is 16.5. The molecule has 0 aromatic carbocycles. The van der Waals surface area contributed by atoms with Crippen LogP contribution in [0.4, 0.5) is 4.79 Å². The van der Waals surface area contributed by atoms with Gasteiger partial charge in [-0.25, -0.2) is 4.79 Å². The fraction of sp³-hybridized carbons (Fsp3) is 0.923. The number of hydrogen-bond acceptors (Lipinski definition) is 3. The van der Waals surface area contributed by atoms with Crippen LogP contribution in [0.2, 0.25) is 0 Å². The van der Waals surface area contributed by atoms with E-state index in [1.165, 1.54) is 12.8 Å². The molecule has 0 heterocycles. The lowest BCUT2D eigenvalue weighted by Crippen LogP contribution is -2.37. The summed E-state index contributed by atoms with van der Waals surface area (Å²) in [5.41, 5.74) is 0. The first-order valence-corrected chi connectivity index (χ1v) is 7.11. The smallest absolute Gasteiger partial charge is 0.314 e. The molecule has 0 aromatic rings. The Morgan fingerprint density at radius 3 is 2.22 bits per heavy atom. The van der Waals surface area contributed by atoms with E-state index in [0.29, 0.717) is 19.8 Å². The standard InChI is InChI=1S/C13H29N3O2/c1-3-5-7-14-9-11-18-12-10-16-13(17)15-8-6-4-2/h14H,3-12H2,1-2H3,(H2,15,16,17). The van der Waals surface area contributed by atoms with E-state index in [1.54, 1.807) is 0 Å². The van der Waals surface area contributed by atoms with Crippen molar-refractivity contribution >= 4 is 6.03 Å². The summed E-state index contributed by atoms with van der Waals surface area (Å²) in [6.45, 7) is 8.77. The molecule has 0 saturated carbocycles. The lowest BCUT2D eigenvalue weighted by atomic mass is 10.3. The van der Waals surface area contributed by atoms with Crippen LogP contribution in [0.5, 0.6) is 0 Å². The first-order chi connectivity index (χ1) is 8.81. The molecule has 108 valence electrons. The van der Waals surface area contributed by atoms with Crippen molar-refractivity contribution in [2.75, 3.05) is 39.4 Å². The molecule has 5 nitrogen and oxygen atoms in total. The summed E-state index contributed by atoms with van der Waals surface area (Å²) in [7, 11) is 0. The number of unbranched alkanes of at least 4 members (excludes halogenated alkanes) is 2. The van der Waals surface area contributed by atoms with Gasteiger partial charge in [0.2, 0.25) is 0 Å². The number of urea groups is 1. The van der Waals surface area contributed by atoms with Crippen LogP contribution in [-0.2, 0) is 4.74 Å². The van der Waals surface area contributed by atoms with Gasteiger partial charge < -0.3 is 20.7 Å².